The first-order chi connectivity index (χ1) is 2.27. The van der Waals surface area contributed by atoms with Gasteiger partial charge >= 0.3 is 0 Å². The summed E-state index contributed by atoms with van der Waals surface area (Å²) in [6.45, 7) is 1.75. The van der Waals surface area contributed by atoms with Crippen LogP contribution in [0.5, 0.6) is 0 Å². The van der Waals surface area contributed by atoms with Crippen molar-refractivity contribution < 1.29 is 18.6 Å². The van der Waals surface area contributed by atoms with Gasteiger partial charge in [0, 0.05) is 25.6 Å². The Balaban J connectivity index is 0. The van der Waals surface area contributed by atoms with Gasteiger partial charge in [-0.05, 0) is 6.92 Å². The van der Waals surface area contributed by atoms with Gasteiger partial charge in [-0.2, -0.15) is 0 Å². The number of rotatable bonds is 0. The average Bonchev–Trinajstić information content (AvgIpc) is 1.38. The third-order valence-electron chi connectivity index (χ3n) is 0.353. The second-order valence-electron chi connectivity index (χ2n) is 0.865. The van der Waals surface area contributed by atoms with E-state index >= 15 is 0 Å². The topological polar surface area (TPSA) is 38.4 Å². The van der Waals surface area contributed by atoms with Gasteiger partial charge in [0.05, 0.1) is 5.84 Å². The normalized spacial score (nSPS) is 10.0. The Hall–Kier alpha value is 0.0544. The van der Waals surface area contributed by atoms with Gasteiger partial charge in [-0.25, -0.2) is 0 Å². The summed E-state index contributed by atoms with van der Waals surface area (Å²) < 4.78 is 0. The fourth-order valence-electron chi connectivity index (χ4n) is 0. The second kappa shape index (κ2) is 5.05. The SMILES string of the molecule is CN=C(C)N.[V]. The molecule has 0 aromatic heterocycles. The van der Waals surface area contributed by atoms with Crippen LogP contribution in [0.4, 0.5) is 0 Å². The summed E-state index contributed by atoms with van der Waals surface area (Å²) in [5, 5.41) is 0. The van der Waals surface area contributed by atoms with Crippen LogP contribution in [-0.4, -0.2) is 12.9 Å². The van der Waals surface area contributed by atoms with E-state index in [2.05, 4.69) is 4.99 Å². The first-order valence-corrected chi connectivity index (χ1v) is 1.46. The molecule has 0 amide bonds. The largest absolute Gasteiger partial charge is 0.388 e. The summed E-state index contributed by atoms with van der Waals surface area (Å²) in [6, 6.07) is 0. The Morgan fingerprint density at radius 2 is 1.83 bits per heavy atom. The molecule has 0 aromatic carbocycles. The van der Waals surface area contributed by atoms with E-state index in [-0.39, 0.29) is 18.6 Å². The zero-order valence-corrected chi connectivity index (χ0v) is 5.37. The quantitative estimate of drug-likeness (QED) is 0.357. The summed E-state index contributed by atoms with van der Waals surface area (Å²) in [5.74, 6) is 0.630. The van der Waals surface area contributed by atoms with Crippen LogP contribution in [0.1, 0.15) is 6.92 Å². The molecule has 0 fully saturated rings. The molecule has 0 aromatic rings. The van der Waals surface area contributed by atoms with Crippen molar-refractivity contribution in [1.82, 2.24) is 0 Å². The second-order valence-corrected chi connectivity index (χ2v) is 0.865. The van der Waals surface area contributed by atoms with Gasteiger partial charge in [0.25, 0.3) is 0 Å². The van der Waals surface area contributed by atoms with Crippen LogP contribution in [0.25, 0.3) is 0 Å². The molecule has 0 atom stereocenters. The van der Waals surface area contributed by atoms with E-state index in [0.717, 1.165) is 0 Å². The predicted octanol–water partition coefficient (Wildman–Crippen LogP) is -0.00920. The molecule has 6 heavy (non-hydrogen) atoms. The van der Waals surface area contributed by atoms with E-state index < -0.39 is 0 Å². The summed E-state index contributed by atoms with van der Waals surface area (Å²) in [4.78, 5) is 3.58. The Labute approximate surface area is 49.7 Å². The monoisotopic (exact) mass is 123 g/mol. The molecular weight excluding hydrogens is 115 g/mol. The van der Waals surface area contributed by atoms with Gasteiger partial charge in [0.2, 0.25) is 0 Å². The van der Waals surface area contributed by atoms with Crippen LogP contribution in [-0.2, 0) is 18.6 Å². The van der Waals surface area contributed by atoms with Crippen molar-refractivity contribution in [3.63, 3.8) is 0 Å². The van der Waals surface area contributed by atoms with Crippen molar-refractivity contribution in [2.24, 2.45) is 10.7 Å². The Morgan fingerprint density at radius 1 is 1.67 bits per heavy atom. The summed E-state index contributed by atoms with van der Waals surface area (Å²) in [7, 11) is 1.66. The van der Waals surface area contributed by atoms with Crippen molar-refractivity contribution in [2.75, 3.05) is 7.05 Å². The number of nitrogens with two attached hydrogens (primary N) is 1. The Kier molecular flexibility index (Phi) is 7.93. The zero-order valence-electron chi connectivity index (χ0n) is 3.97. The van der Waals surface area contributed by atoms with Crippen LogP contribution in [0.3, 0.4) is 0 Å². The van der Waals surface area contributed by atoms with Crippen LogP contribution in [0.15, 0.2) is 4.99 Å². The molecule has 0 saturated carbocycles. The molecule has 0 aliphatic carbocycles. The smallest absolute Gasteiger partial charge is 0.0902 e. The number of hydrogen-bond acceptors (Lipinski definition) is 1. The van der Waals surface area contributed by atoms with Crippen molar-refractivity contribution in [3.8, 4) is 0 Å². The molecule has 2 nitrogen and oxygen atoms in total. The van der Waals surface area contributed by atoms with E-state index in [9.17, 15) is 0 Å². The maximum absolute atomic E-state index is 5.04. The Bertz CT molecular complexity index is 46.8. The van der Waals surface area contributed by atoms with Crippen molar-refractivity contribution in [1.29, 1.82) is 0 Å². The molecule has 35 valence electrons. The standard InChI is InChI=1S/C3H8N2.V/c1-3(4)5-2;/h1-2H3,(H2,4,5);. The maximum atomic E-state index is 5.04. The molecule has 1 radical (unpaired) electrons. The fourth-order valence-corrected chi connectivity index (χ4v) is 0. The summed E-state index contributed by atoms with van der Waals surface area (Å²) in [5.41, 5.74) is 5.04. The molecule has 0 saturated heterocycles. The fraction of sp³-hybridized carbons (Fsp3) is 0.667. The van der Waals surface area contributed by atoms with E-state index in [1.807, 2.05) is 0 Å². The first-order valence-electron chi connectivity index (χ1n) is 1.46. The van der Waals surface area contributed by atoms with Gasteiger partial charge < -0.3 is 5.73 Å². The molecule has 2 N–H and O–H groups in total. The molecule has 0 bridgehead atoms. The minimum Gasteiger partial charge on any atom is -0.388 e. The molecule has 0 aliphatic rings. The van der Waals surface area contributed by atoms with E-state index in [1.165, 1.54) is 0 Å². The summed E-state index contributed by atoms with van der Waals surface area (Å²) >= 11 is 0. The number of aliphatic imine (C=N–C) groups is 1. The minimum absolute atomic E-state index is 0. The van der Waals surface area contributed by atoms with Crippen LogP contribution >= 0.6 is 0 Å². The zero-order chi connectivity index (χ0) is 4.28. The third-order valence-corrected chi connectivity index (χ3v) is 0.353. The van der Waals surface area contributed by atoms with E-state index in [1.54, 1.807) is 14.0 Å². The van der Waals surface area contributed by atoms with Gasteiger partial charge in [-0.15, -0.1) is 0 Å². The first kappa shape index (κ1) is 9.41. The average molecular weight is 123 g/mol. The van der Waals surface area contributed by atoms with Crippen LogP contribution < -0.4 is 5.73 Å². The molecular formula is C3H8N2V. The maximum Gasteiger partial charge on any atom is 0.0902 e. The van der Waals surface area contributed by atoms with Crippen molar-refractivity contribution >= 4 is 5.84 Å². The molecule has 0 aliphatic heterocycles. The Morgan fingerprint density at radius 3 is 1.83 bits per heavy atom. The molecule has 0 unspecified atom stereocenters. The van der Waals surface area contributed by atoms with Gasteiger partial charge in [0.1, 0.15) is 0 Å². The predicted molar refractivity (Wildman–Crippen MR) is 23.2 cm³/mol. The number of hydrogen-bond donors (Lipinski definition) is 1. The van der Waals surface area contributed by atoms with Gasteiger partial charge in [-0.3, -0.25) is 4.99 Å². The third kappa shape index (κ3) is 8.96. The molecule has 3 heteroatoms. The van der Waals surface area contributed by atoms with Crippen molar-refractivity contribution in [2.45, 2.75) is 6.92 Å². The van der Waals surface area contributed by atoms with Crippen LogP contribution in [0, 0.1) is 0 Å². The molecule has 0 spiro atoms. The minimum atomic E-state index is 0. The number of amidine groups is 1. The van der Waals surface area contributed by atoms with Crippen molar-refractivity contribution in [3.05, 3.63) is 0 Å². The van der Waals surface area contributed by atoms with Gasteiger partial charge in [0.15, 0.2) is 0 Å². The number of nitrogens with zero attached hydrogens (tertiary/aromatic N) is 1. The molecule has 0 rings (SSSR count). The van der Waals surface area contributed by atoms with Gasteiger partial charge in [-0.1, -0.05) is 0 Å². The van der Waals surface area contributed by atoms with E-state index in [0.29, 0.717) is 5.84 Å². The summed E-state index contributed by atoms with van der Waals surface area (Å²) in [6.07, 6.45) is 0. The molecule has 0 heterocycles. The van der Waals surface area contributed by atoms with E-state index in [4.69, 9.17) is 5.73 Å². The van der Waals surface area contributed by atoms with Crippen LogP contribution in [0.2, 0.25) is 0 Å².